The molecule has 132 valence electrons. The number of methoxy groups -OCH3 is 1. The molecular formula is C18H14ClN3O4. The van der Waals surface area contributed by atoms with Crippen molar-refractivity contribution in [3.8, 4) is 5.75 Å². The van der Waals surface area contributed by atoms with Crippen molar-refractivity contribution in [3.63, 3.8) is 0 Å². The molecule has 2 aromatic rings. The molecule has 1 saturated heterocycles. The third kappa shape index (κ3) is 3.43. The van der Waals surface area contributed by atoms with Crippen LogP contribution in [-0.4, -0.2) is 31.2 Å². The highest BCUT2D eigenvalue weighted by Crippen LogP contribution is 2.26. The lowest BCUT2D eigenvalue weighted by molar-refractivity contribution is -0.131. The number of hydrogen-bond donors (Lipinski definition) is 1. The fourth-order valence-corrected chi connectivity index (χ4v) is 2.61. The minimum absolute atomic E-state index is 0.287. The summed E-state index contributed by atoms with van der Waals surface area (Å²) in [7, 11) is 1.47. The number of imide groups is 2. The summed E-state index contributed by atoms with van der Waals surface area (Å²) in [6.45, 7) is 0. The maximum Gasteiger partial charge on any atom is 0.335 e. The van der Waals surface area contributed by atoms with E-state index in [9.17, 15) is 14.4 Å². The molecule has 0 aliphatic carbocycles. The second-order valence-electron chi connectivity index (χ2n) is 5.38. The number of benzene rings is 2. The minimum atomic E-state index is -1.25. The highest BCUT2D eigenvalue weighted by Gasteiger charge is 2.40. The van der Waals surface area contributed by atoms with Crippen LogP contribution in [0.2, 0.25) is 5.02 Å². The van der Waals surface area contributed by atoms with Crippen LogP contribution in [0.1, 0.15) is 0 Å². The first-order valence-corrected chi connectivity index (χ1v) is 8.00. The van der Waals surface area contributed by atoms with Gasteiger partial charge in [0, 0.05) is 12.3 Å². The van der Waals surface area contributed by atoms with Gasteiger partial charge in [-0.25, -0.2) is 9.69 Å². The molecule has 7 nitrogen and oxygen atoms in total. The Morgan fingerprint density at radius 2 is 1.92 bits per heavy atom. The third-order valence-corrected chi connectivity index (χ3v) is 4.05. The van der Waals surface area contributed by atoms with Crippen molar-refractivity contribution in [3.05, 3.63) is 53.6 Å². The average Bonchev–Trinajstić information content (AvgIpc) is 2.63. The first-order valence-electron chi connectivity index (χ1n) is 7.63. The van der Waals surface area contributed by atoms with Crippen molar-refractivity contribution in [2.24, 2.45) is 10.9 Å². The number of para-hydroxylation sites is 1. The van der Waals surface area contributed by atoms with Gasteiger partial charge in [-0.15, -0.1) is 0 Å². The molecule has 0 aromatic heterocycles. The van der Waals surface area contributed by atoms with Crippen LogP contribution in [0.15, 0.2) is 53.5 Å². The summed E-state index contributed by atoms with van der Waals surface area (Å²) in [4.78, 5) is 42.0. The van der Waals surface area contributed by atoms with E-state index >= 15 is 0 Å². The summed E-state index contributed by atoms with van der Waals surface area (Å²) in [5, 5.41) is 2.54. The van der Waals surface area contributed by atoms with Gasteiger partial charge in [-0.3, -0.25) is 19.9 Å². The van der Waals surface area contributed by atoms with Gasteiger partial charge in [0.15, 0.2) is 5.92 Å². The molecule has 1 heterocycles. The molecule has 0 bridgehead atoms. The number of barbiturate groups is 1. The Hall–Kier alpha value is -3.19. The summed E-state index contributed by atoms with van der Waals surface area (Å²) in [6.07, 6.45) is 1.18. The molecule has 3 rings (SSSR count). The Bertz CT molecular complexity index is 913. The largest absolute Gasteiger partial charge is 0.497 e. The molecule has 0 unspecified atom stereocenters. The monoisotopic (exact) mass is 371 g/mol. The molecule has 0 radical (unpaired) electrons. The Labute approximate surface area is 154 Å². The Morgan fingerprint density at radius 1 is 1.15 bits per heavy atom. The van der Waals surface area contributed by atoms with Gasteiger partial charge < -0.3 is 4.74 Å². The number of urea groups is 1. The number of carbonyl (C=O) groups excluding carboxylic acids is 3. The number of nitrogens with zero attached hydrogens (tertiary/aromatic N) is 2. The summed E-state index contributed by atoms with van der Waals surface area (Å²) in [5.41, 5.74) is 0.704. The first kappa shape index (κ1) is 17.6. The Morgan fingerprint density at radius 3 is 2.65 bits per heavy atom. The van der Waals surface area contributed by atoms with Gasteiger partial charge in [-0.1, -0.05) is 29.8 Å². The quantitative estimate of drug-likeness (QED) is 0.661. The minimum Gasteiger partial charge on any atom is -0.497 e. The number of halogens is 1. The van der Waals surface area contributed by atoms with Crippen molar-refractivity contribution in [1.29, 1.82) is 0 Å². The van der Waals surface area contributed by atoms with E-state index < -0.39 is 23.8 Å². The van der Waals surface area contributed by atoms with E-state index in [0.29, 0.717) is 16.5 Å². The van der Waals surface area contributed by atoms with Gasteiger partial charge in [0.25, 0.3) is 5.91 Å². The lowest BCUT2D eigenvalue weighted by Gasteiger charge is -2.28. The topological polar surface area (TPSA) is 88.1 Å². The summed E-state index contributed by atoms with van der Waals surface area (Å²) >= 11 is 6.02. The van der Waals surface area contributed by atoms with Crippen LogP contribution in [0.4, 0.5) is 16.2 Å². The van der Waals surface area contributed by atoms with Crippen LogP contribution < -0.4 is 15.0 Å². The van der Waals surface area contributed by atoms with Gasteiger partial charge >= 0.3 is 6.03 Å². The molecule has 0 saturated carbocycles. The second kappa shape index (κ2) is 7.37. The normalized spacial score (nSPS) is 17.5. The van der Waals surface area contributed by atoms with Gasteiger partial charge in [0.1, 0.15) is 5.75 Å². The molecule has 26 heavy (non-hydrogen) atoms. The molecule has 4 amide bonds. The number of anilines is 1. The lowest BCUT2D eigenvalue weighted by atomic mass is 10.1. The number of nitrogens with one attached hydrogen (secondary N) is 1. The highest BCUT2D eigenvalue weighted by atomic mass is 35.5. The van der Waals surface area contributed by atoms with E-state index in [2.05, 4.69) is 10.3 Å². The van der Waals surface area contributed by atoms with Gasteiger partial charge in [0.05, 0.1) is 23.5 Å². The average molecular weight is 372 g/mol. The van der Waals surface area contributed by atoms with E-state index in [1.54, 1.807) is 42.5 Å². The third-order valence-electron chi connectivity index (χ3n) is 3.73. The molecule has 8 heteroatoms. The van der Waals surface area contributed by atoms with Crippen LogP contribution in [0.3, 0.4) is 0 Å². The van der Waals surface area contributed by atoms with Crippen LogP contribution in [0.25, 0.3) is 0 Å². The van der Waals surface area contributed by atoms with Crippen LogP contribution >= 0.6 is 11.6 Å². The zero-order chi connectivity index (χ0) is 18.7. The molecule has 2 aromatic carbocycles. The maximum atomic E-state index is 12.7. The first-order chi connectivity index (χ1) is 12.5. The summed E-state index contributed by atoms with van der Waals surface area (Å²) in [6, 6.07) is 12.3. The maximum absolute atomic E-state index is 12.7. The number of hydrogen-bond acceptors (Lipinski definition) is 5. The Kier molecular flexibility index (Phi) is 4.99. The number of amides is 4. The molecule has 1 fully saturated rings. The number of carbonyl (C=O) groups is 3. The fraction of sp³-hybridized carbons (Fsp3) is 0.111. The van der Waals surface area contributed by atoms with E-state index in [0.717, 1.165) is 4.90 Å². The van der Waals surface area contributed by atoms with Crippen molar-refractivity contribution in [1.82, 2.24) is 5.32 Å². The SMILES string of the molecule is COc1cccc(N2C(=O)NC(=O)[C@H](C=Nc3ccccc3Cl)C2=O)c1. The van der Waals surface area contributed by atoms with Crippen LogP contribution in [-0.2, 0) is 9.59 Å². The van der Waals surface area contributed by atoms with Crippen molar-refractivity contribution in [2.75, 3.05) is 12.0 Å². The predicted octanol–water partition coefficient (Wildman–Crippen LogP) is 2.95. The Balaban J connectivity index is 1.91. The summed E-state index contributed by atoms with van der Waals surface area (Å²) < 4.78 is 5.11. The predicted molar refractivity (Wildman–Crippen MR) is 97.1 cm³/mol. The van der Waals surface area contributed by atoms with Crippen LogP contribution in [0.5, 0.6) is 5.75 Å². The highest BCUT2D eigenvalue weighted by molar-refractivity contribution is 6.34. The second-order valence-corrected chi connectivity index (χ2v) is 5.78. The molecular weight excluding hydrogens is 358 g/mol. The number of aliphatic imine (C=N–C) groups is 1. The number of ether oxygens (including phenoxy) is 1. The molecule has 1 atom stereocenters. The molecule has 0 spiro atoms. The van der Waals surface area contributed by atoms with Crippen molar-refractivity contribution < 1.29 is 19.1 Å². The zero-order valence-electron chi connectivity index (χ0n) is 13.7. The molecule has 1 N–H and O–H groups in total. The van der Waals surface area contributed by atoms with E-state index in [4.69, 9.17) is 16.3 Å². The zero-order valence-corrected chi connectivity index (χ0v) is 14.4. The number of rotatable bonds is 4. The van der Waals surface area contributed by atoms with E-state index in [-0.39, 0.29) is 5.69 Å². The molecule has 1 aliphatic heterocycles. The standard InChI is InChI=1S/C18H14ClN3O4/c1-26-12-6-4-5-11(9-12)22-17(24)13(16(23)21-18(22)25)10-20-15-8-3-2-7-14(15)19/h2-10,13H,1H3,(H,21,23,25)/t13-/m0/s1. The lowest BCUT2D eigenvalue weighted by Crippen LogP contribution is -2.58. The van der Waals surface area contributed by atoms with Gasteiger partial charge in [-0.2, -0.15) is 0 Å². The fourth-order valence-electron chi connectivity index (χ4n) is 2.43. The summed E-state index contributed by atoms with van der Waals surface area (Å²) in [5.74, 6) is -2.23. The van der Waals surface area contributed by atoms with Gasteiger partial charge in [-0.05, 0) is 24.3 Å². The van der Waals surface area contributed by atoms with E-state index in [1.807, 2.05) is 0 Å². The van der Waals surface area contributed by atoms with Crippen molar-refractivity contribution in [2.45, 2.75) is 0 Å². The molecule has 1 aliphatic rings. The smallest absolute Gasteiger partial charge is 0.335 e. The van der Waals surface area contributed by atoms with Gasteiger partial charge in [0.2, 0.25) is 5.91 Å². The van der Waals surface area contributed by atoms with E-state index in [1.165, 1.54) is 19.4 Å². The van der Waals surface area contributed by atoms with Crippen LogP contribution in [0, 0.1) is 5.92 Å². The van der Waals surface area contributed by atoms with Crippen molar-refractivity contribution >= 4 is 47.0 Å².